The Hall–Kier alpha value is -8.40. The highest BCUT2D eigenvalue weighted by Gasteiger charge is 2.42. The van der Waals surface area contributed by atoms with Crippen molar-refractivity contribution in [3.05, 3.63) is 218 Å². The topological polar surface area (TPSA) is 70.2 Å². The van der Waals surface area contributed by atoms with Crippen molar-refractivity contribution >= 4 is 84.5 Å². The van der Waals surface area contributed by atoms with Crippen LogP contribution in [0.25, 0.3) is 78.7 Å². The number of fused-ring (bicyclic) bond motifs is 10. The Labute approximate surface area is 362 Å². The summed E-state index contributed by atoms with van der Waals surface area (Å²) in [5.41, 5.74) is 8.89. The molecule has 0 saturated carbocycles. The monoisotopic (exact) mass is 824 g/mol. The minimum atomic E-state index is -2.87. The summed E-state index contributed by atoms with van der Waals surface area (Å²) >= 11 is 0. The van der Waals surface area contributed by atoms with Crippen LogP contribution in [0.5, 0.6) is 0 Å². The lowest BCUT2D eigenvalue weighted by molar-refractivity contribution is 0.970. The number of benzene rings is 8. The zero-order valence-electron chi connectivity index (χ0n) is 33.9. The summed E-state index contributed by atoms with van der Waals surface area (Å²) in [4.78, 5) is 21.3. The number of para-hydroxylation sites is 6. The second-order valence-corrected chi connectivity index (χ2v) is 19.8. The molecule has 0 spiro atoms. The quantitative estimate of drug-likeness (QED) is 0.119. The van der Waals surface area contributed by atoms with Crippen LogP contribution >= 0.6 is 0 Å². The third-order valence-electron chi connectivity index (χ3n) is 12.5. The van der Waals surface area contributed by atoms with Gasteiger partial charge in [-0.05, 0) is 69.3 Å². The van der Waals surface area contributed by atoms with Crippen molar-refractivity contribution in [3.63, 3.8) is 0 Å². The van der Waals surface area contributed by atoms with Crippen molar-refractivity contribution in [1.29, 1.82) is 0 Å². The Kier molecular flexibility index (Phi) is 7.75. The van der Waals surface area contributed by atoms with E-state index in [4.69, 9.17) is 19.9 Å². The molecule has 13 rings (SSSR count). The normalized spacial score (nSPS) is 12.1. The molecule has 0 aliphatic heterocycles. The predicted molar refractivity (Wildman–Crippen MR) is 257 cm³/mol. The molecule has 0 aliphatic carbocycles. The maximum Gasteiger partial charge on any atom is 0.221 e. The van der Waals surface area contributed by atoms with Crippen LogP contribution in [0.15, 0.2) is 218 Å². The second-order valence-electron chi connectivity index (χ2n) is 16.0. The van der Waals surface area contributed by atoms with Gasteiger partial charge in [-0.15, -0.1) is 0 Å². The van der Waals surface area contributed by atoms with Gasteiger partial charge in [0.2, 0.25) is 11.6 Å². The minimum absolute atomic E-state index is 0.603. The molecule has 0 fully saturated rings. The van der Waals surface area contributed by atoms with E-state index in [9.17, 15) is 0 Å². The fraction of sp³-hybridized carbons (Fsp3) is 0. The van der Waals surface area contributed by atoms with Gasteiger partial charge in [0, 0.05) is 11.6 Å². The van der Waals surface area contributed by atoms with Crippen molar-refractivity contribution in [2.24, 2.45) is 0 Å². The summed E-state index contributed by atoms with van der Waals surface area (Å²) in [6, 6.07) is 77.7. The summed E-state index contributed by atoms with van der Waals surface area (Å²) in [6.07, 6.45) is 0. The number of hydrogen-bond acceptors (Lipinski definition) is 4. The van der Waals surface area contributed by atoms with Crippen LogP contribution in [0.1, 0.15) is 0 Å². The molecule has 0 aliphatic rings. The lowest BCUT2D eigenvalue weighted by Crippen LogP contribution is -2.74. The van der Waals surface area contributed by atoms with Crippen molar-refractivity contribution in [2.45, 2.75) is 0 Å². The van der Waals surface area contributed by atoms with Gasteiger partial charge in [0.25, 0.3) is 0 Å². The van der Waals surface area contributed by atoms with Crippen molar-refractivity contribution < 1.29 is 0 Å². The zero-order chi connectivity index (χ0) is 41.5. The standard InChI is InChI=1S/C54H36N8Si/c1-5-19-37(20-6-1)52-57-50(61-47-32-18-17-31-46(47)59-44-29-15-13-27-42(44)55-53(59)61)36-51(58-52)62-48-34-33-41(35-49(48)60-45-30-16-14-28-43(45)56-54(60)62)63(38-21-7-2-8-22-38,39-23-9-3-10-24-39)40-25-11-4-12-26-40/h1-36H. The molecule has 0 bridgehead atoms. The van der Waals surface area contributed by atoms with Gasteiger partial charge >= 0.3 is 0 Å². The average Bonchev–Trinajstić information content (AvgIpc) is 4.09. The van der Waals surface area contributed by atoms with Gasteiger partial charge in [-0.3, -0.25) is 17.9 Å². The van der Waals surface area contributed by atoms with Crippen LogP contribution < -0.4 is 20.7 Å². The van der Waals surface area contributed by atoms with Gasteiger partial charge in [-0.2, -0.15) is 0 Å². The first kappa shape index (κ1) is 35.4. The molecule has 13 aromatic rings. The van der Waals surface area contributed by atoms with E-state index >= 15 is 0 Å². The molecule has 0 atom stereocenters. The molecule has 0 N–H and O–H groups in total. The van der Waals surface area contributed by atoms with Gasteiger partial charge < -0.3 is 0 Å². The molecule has 8 aromatic carbocycles. The predicted octanol–water partition coefficient (Wildman–Crippen LogP) is 9.01. The summed E-state index contributed by atoms with van der Waals surface area (Å²) in [7, 11) is -2.87. The molecule has 296 valence electrons. The number of aromatic nitrogens is 8. The maximum atomic E-state index is 5.41. The summed E-state index contributed by atoms with van der Waals surface area (Å²) < 4.78 is 8.90. The molecule has 0 radical (unpaired) electrons. The summed E-state index contributed by atoms with van der Waals surface area (Å²) in [5.74, 6) is 3.56. The van der Waals surface area contributed by atoms with Gasteiger partial charge in [0.15, 0.2) is 13.9 Å². The number of rotatable bonds is 7. The van der Waals surface area contributed by atoms with Crippen LogP contribution in [0.2, 0.25) is 0 Å². The highest BCUT2D eigenvalue weighted by atomic mass is 28.3. The van der Waals surface area contributed by atoms with E-state index < -0.39 is 8.07 Å². The zero-order valence-corrected chi connectivity index (χ0v) is 34.9. The minimum Gasteiger partial charge on any atom is -0.276 e. The first-order valence-electron chi connectivity index (χ1n) is 21.2. The van der Waals surface area contributed by atoms with Crippen LogP contribution in [0.3, 0.4) is 0 Å². The Morgan fingerprint density at radius 1 is 0.302 bits per heavy atom. The number of hydrogen-bond donors (Lipinski definition) is 0. The average molecular weight is 825 g/mol. The van der Waals surface area contributed by atoms with E-state index in [0.717, 1.165) is 61.3 Å². The lowest BCUT2D eigenvalue weighted by atomic mass is 10.2. The van der Waals surface area contributed by atoms with Crippen molar-refractivity contribution in [1.82, 2.24) is 37.9 Å². The van der Waals surface area contributed by atoms with Gasteiger partial charge in [-0.25, -0.2) is 19.9 Å². The molecule has 5 heterocycles. The fourth-order valence-electron chi connectivity index (χ4n) is 9.87. The van der Waals surface area contributed by atoms with Crippen LogP contribution in [0.4, 0.5) is 0 Å². The number of imidazole rings is 4. The first-order chi connectivity index (χ1) is 31.3. The van der Waals surface area contributed by atoms with E-state index in [1.807, 2.05) is 24.3 Å². The van der Waals surface area contributed by atoms with Crippen molar-refractivity contribution in [2.75, 3.05) is 0 Å². The third kappa shape index (κ3) is 5.20. The van der Waals surface area contributed by atoms with Crippen LogP contribution in [-0.4, -0.2) is 45.9 Å². The summed E-state index contributed by atoms with van der Waals surface area (Å²) in [5, 5.41) is 5.23. The summed E-state index contributed by atoms with van der Waals surface area (Å²) in [6.45, 7) is 0. The maximum absolute atomic E-state index is 5.41. The highest BCUT2D eigenvalue weighted by Crippen LogP contribution is 2.33. The van der Waals surface area contributed by atoms with E-state index in [-0.39, 0.29) is 0 Å². The molecule has 0 unspecified atom stereocenters. The third-order valence-corrected chi connectivity index (χ3v) is 17.3. The fourth-order valence-corrected chi connectivity index (χ4v) is 14.6. The van der Waals surface area contributed by atoms with E-state index in [0.29, 0.717) is 17.5 Å². The molecule has 0 saturated heterocycles. The second kappa shape index (κ2) is 13.8. The van der Waals surface area contributed by atoms with E-state index in [1.165, 1.54) is 20.7 Å². The lowest BCUT2D eigenvalue weighted by Gasteiger charge is -2.34. The van der Waals surface area contributed by atoms with Gasteiger partial charge in [-0.1, -0.05) is 164 Å². The molecule has 5 aromatic heterocycles. The molecular formula is C54H36N8Si. The van der Waals surface area contributed by atoms with Crippen molar-refractivity contribution in [3.8, 4) is 23.0 Å². The SMILES string of the molecule is c1ccc(-c2nc(-n3c4ccccc4n4c5ccccc5nc34)cc(-n3c4ccc([Si](c5ccccc5)(c5ccccc5)c5ccccc5)cc4n4c5ccccc5nc34)n2)cc1. The Morgan fingerprint density at radius 3 is 1.24 bits per heavy atom. The van der Waals surface area contributed by atoms with Gasteiger partial charge in [0.1, 0.15) is 11.6 Å². The highest BCUT2D eigenvalue weighted by molar-refractivity contribution is 7.20. The Balaban J connectivity index is 1.14. The smallest absolute Gasteiger partial charge is 0.221 e. The molecule has 63 heavy (non-hydrogen) atoms. The number of nitrogens with zero attached hydrogens (tertiary/aromatic N) is 8. The largest absolute Gasteiger partial charge is 0.276 e. The molecule has 9 heteroatoms. The van der Waals surface area contributed by atoms with Gasteiger partial charge in [0.05, 0.1) is 44.1 Å². The van der Waals surface area contributed by atoms with Crippen LogP contribution in [0, 0.1) is 0 Å². The Morgan fingerprint density at radius 2 is 0.714 bits per heavy atom. The Bertz CT molecular complexity index is 3760. The molecule has 8 nitrogen and oxygen atoms in total. The first-order valence-corrected chi connectivity index (χ1v) is 23.2. The van der Waals surface area contributed by atoms with Crippen LogP contribution in [-0.2, 0) is 0 Å². The molecular weight excluding hydrogens is 789 g/mol. The van der Waals surface area contributed by atoms with E-state index in [2.05, 4.69) is 212 Å². The molecule has 0 amide bonds. The van der Waals surface area contributed by atoms with E-state index in [1.54, 1.807) is 0 Å².